The molecule has 0 heterocycles. The van der Waals surface area contributed by atoms with E-state index in [4.69, 9.17) is 14.6 Å². The second-order valence-electron chi connectivity index (χ2n) is 1.83. The van der Waals surface area contributed by atoms with E-state index >= 15 is 0 Å². The molecule has 11 heavy (non-hydrogen) atoms. The van der Waals surface area contributed by atoms with Gasteiger partial charge in [0.15, 0.2) is 0 Å². The molecule has 0 aromatic heterocycles. The van der Waals surface area contributed by atoms with E-state index in [0.717, 1.165) is 0 Å². The molecule has 0 aliphatic rings. The highest BCUT2D eigenvalue weighted by Crippen LogP contribution is 2.09. The number of carboxylic acids is 1. The number of ether oxygens (including phenoxy) is 2. The maximum absolute atomic E-state index is 10.5. The van der Waals surface area contributed by atoms with Crippen molar-refractivity contribution >= 4 is 5.97 Å². The highest BCUT2D eigenvalue weighted by atomic mass is 16.7. The van der Waals surface area contributed by atoms with E-state index in [1.165, 1.54) is 14.2 Å². The Bertz CT molecular complexity index is 165. The van der Waals surface area contributed by atoms with Crippen LogP contribution in [-0.4, -0.2) is 25.3 Å². The molecule has 0 aromatic rings. The summed E-state index contributed by atoms with van der Waals surface area (Å²) in [6.07, 6.45) is 0.381. The van der Waals surface area contributed by atoms with E-state index in [2.05, 4.69) is 0 Å². The summed E-state index contributed by atoms with van der Waals surface area (Å²) in [5, 5.41) is 8.59. The van der Waals surface area contributed by atoms with Crippen molar-refractivity contribution in [3.05, 3.63) is 11.5 Å². The van der Waals surface area contributed by atoms with Crippen LogP contribution in [0.5, 0.6) is 0 Å². The normalized spacial score (nSPS) is 8.64. The first-order valence-electron chi connectivity index (χ1n) is 3.21. The summed E-state index contributed by atoms with van der Waals surface area (Å²) in [6, 6.07) is 0. The number of methoxy groups -OCH3 is 2. The van der Waals surface area contributed by atoms with E-state index in [1.54, 1.807) is 6.92 Å². The molecule has 0 saturated heterocycles. The molecule has 4 heteroatoms. The summed E-state index contributed by atoms with van der Waals surface area (Å²) < 4.78 is 9.38. The molecule has 1 N–H and O–H groups in total. The van der Waals surface area contributed by atoms with Crippen molar-refractivity contribution in [3.8, 4) is 0 Å². The van der Waals surface area contributed by atoms with Crippen LogP contribution < -0.4 is 0 Å². The average molecular weight is 160 g/mol. The van der Waals surface area contributed by atoms with E-state index in [9.17, 15) is 4.79 Å². The monoisotopic (exact) mass is 160 g/mol. The van der Waals surface area contributed by atoms with Gasteiger partial charge in [-0.2, -0.15) is 0 Å². The lowest BCUT2D eigenvalue weighted by Gasteiger charge is -2.06. The predicted molar refractivity (Wildman–Crippen MR) is 39.0 cm³/mol. The Morgan fingerprint density at radius 3 is 1.91 bits per heavy atom. The summed E-state index contributed by atoms with van der Waals surface area (Å²) in [5.41, 5.74) is 0.148. The van der Waals surface area contributed by atoms with Crippen molar-refractivity contribution in [2.45, 2.75) is 13.3 Å². The number of rotatable bonds is 4. The molecule has 64 valence electrons. The molecule has 0 aromatic carbocycles. The molecule has 0 unspecified atom stereocenters. The fourth-order valence-corrected chi connectivity index (χ4v) is 0.713. The molecular formula is C7H12O4. The molecular weight excluding hydrogens is 148 g/mol. The zero-order chi connectivity index (χ0) is 8.85. The SMILES string of the molecule is CCC(C(=O)O)=C(OC)OC. The molecule has 0 radical (unpaired) electrons. The lowest BCUT2D eigenvalue weighted by Crippen LogP contribution is -2.06. The van der Waals surface area contributed by atoms with E-state index in [-0.39, 0.29) is 11.5 Å². The van der Waals surface area contributed by atoms with Gasteiger partial charge in [-0.3, -0.25) is 0 Å². The summed E-state index contributed by atoms with van der Waals surface area (Å²) >= 11 is 0. The van der Waals surface area contributed by atoms with Crippen molar-refractivity contribution in [2.24, 2.45) is 0 Å². The molecule has 0 fully saturated rings. The highest BCUT2D eigenvalue weighted by Gasteiger charge is 2.13. The summed E-state index contributed by atoms with van der Waals surface area (Å²) in [6.45, 7) is 1.72. The van der Waals surface area contributed by atoms with Crippen molar-refractivity contribution in [2.75, 3.05) is 14.2 Å². The van der Waals surface area contributed by atoms with Gasteiger partial charge >= 0.3 is 5.97 Å². The van der Waals surface area contributed by atoms with E-state index in [0.29, 0.717) is 6.42 Å². The zero-order valence-electron chi connectivity index (χ0n) is 6.88. The molecule has 0 aliphatic carbocycles. The summed E-state index contributed by atoms with van der Waals surface area (Å²) in [5.74, 6) is -0.939. The molecule has 0 atom stereocenters. The van der Waals surface area contributed by atoms with Crippen LogP contribution in [0.2, 0.25) is 0 Å². The maximum atomic E-state index is 10.5. The van der Waals surface area contributed by atoms with Crippen LogP contribution in [0.4, 0.5) is 0 Å². The second kappa shape index (κ2) is 4.60. The third-order valence-electron chi connectivity index (χ3n) is 1.23. The largest absolute Gasteiger partial charge is 0.478 e. The predicted octanol–water partition coefficient (Wildman–Crippen LogP) is 0.985. The van der Waals surface area contributed by atoms with Gasteiger partial charge in [0.05, 0.1) is 14.2 Å². The number of hydrogen-bond acceptors (Lipinski definition) is 3. The van der Waals surface area contributed by atoms with E-state index < -0.39 is 5.97 Å². The number of hydrogen-bond donors (Lipinski definition) is 1. The van der Waals surface area contributed by atoms with Crippen LogP contribution in [0.15, 0.2) is 11.5 Å². The van der Waals surface area contributed by atoms with Crippen LogP contribution >= 0.6 is 0 Å². The quantitative estimate of drug-likeness (QED) is 0.492. The topological polar surface area (TPSA) is 55.8 Å². The highest BCUT2D eigenvalue weighted by molar-refractivity contribution is 5.86. The first kappa shape index (κ1) is 9.81. The van der Waals surface area contributed by atoms with E-state index in [1.807, 2.05) is 0 Å². The lowest BCUT2D eigenvalue weighted by molar-refractivity contribution is -0.133. The molecule has 0 saturated carbocycles. The Balaban J connectivity index is 4.62. The minimum Gasteiger partial charge on any atom is -0.478 e. The number of carboxylic acid groups (broad SMARTS) is 1. The van der Waals surface area contributed by atoms with Gasteiger partial charge in [-0.25, -0.2) is 4.79 Å². The fourth-order valence-electron chi connectivity index (χ4n) is 0.713. The molecule has 0 aliphatic heterocycles. The lowest BCUT2D eigenvalue weighted by atomic mass is 10.2. The molecule has 0 bridgehead atoms. The molecule has 0 spiro atoms. The van der Waals surface area contributed by atoms with Crippen LogP contribution in [0.3, 0.4) is 0 Å². The minimum atomic E-state index is -1.01. The van der Waals surface area contributed by atoms with Crippen molar-refractivity contribution in [3.63, 3.8) is 0 Å². The van der Waals surface area contributed by atoms with Gasteiger partial charge in [0.2, 0.25) is 0 Å². The first-order valence-corrected chi connectivity index (χ1v) is 3.21. The van der Waals surface area contributed by atoms with Gasteiger partial charge in [0.1, 0.15) is 5.57 Å². The molecule has 0 amide bonds. The van der Waals surface area contributed by atoms with Gasteiger partial charge in [-0.1, -0.05) is 6.92 Å². The Morgan fingerprint density at radius 1 is 1.36 bits per heavy atom. The van der Waals surface area contributed by atoms with Crippen molar-refractivity contribution in [1.82, 2.24) is 0 Å². The standard InChI is InChI=1S/C7H12O4/c1-4-5(6(8)9)7(10-2)11-3/h4H2,1-3H3,(H,8,9). The van der Waals surface area contributed by atoms with Gasteiger partial charge in [-0.05, 0) is 6.42 Å². The Kier molecular flexibility index (Phi) is 4.10. The maximum Gasteiger partial charge on any atom is 0.338 e. The van der Waals surface area contributed by atoms with Gasteiger partial charge in [0, 0.05) is 0 Å². The Morgan fingerprint density at radius 2 is 1.82 bits per heavy atom. The third-order valence-corrected chi connectivity index (χ3v) is 1.23. The van der Waals surface area contributed by atoms with Crippen LogP contribution in [0.1, 0.15) is 13.3 Å². The first-order chi connectivity index (χ1) is 5.17. The molecule has 4 nitrogen and oxygen atoms in total. The second-order valence-corrected chi connectivity index (χ2v) is 1.83. The molecule has 0 rings (SSSR count). The van der Waals surface area contributed by atoms with Crippen LogP contribution in [0.25, 0.3) is 0 Å². The Hall–Kier alpha value is -1.19. The minimum absolute atomic E-state index is 0.0694. The summed E-state index contributed by atoms with van der Waals surface area (Å²) in [7, 11) is 2.74. The van der Waals surface area contributed by atoms with Crippen molar-refractivity contribution in [1.29, 1.82) is 0 Å². The van der Waals surface area contributed by atoms with Gasteiger partial charge in [0.25, 0.3) is 5.95 Å². The third kappa shape index (κ3) is 2.49. The van der Waals surface area contributed by atoms with Crippen LogP contribution in [0, 0.1) is 0 Å². The smallest absolute Gasteiger partial charge is 0.338 e. The average Bonchev–Trinajstić information content (AvgIpc) is 1.99. The fraction of sp³-hybridized carbons (Fsp3) is 0.571. The van der Waals surface area contributed by atoms with Gasteiger partial charge in [-0.15, -0.1) is 0 Å². The zero-order valence-corrected chi connectivity index (χ0v) is 6.88. The van der Waals surface area contributed by atoms with Crippen LogP contribution in [-0.2, 0) is 14.3 Å². The summed E-state index contributed by atoms with van der Waals surface area (Å²) in [4.78, 5) is 10.5. The Labute approximate surface area is 65.4 Å². The number of carbonyl (C=O) groups is 1. The van der Waals surface area contributed by atoms with Gasteiger partial charge < -0.3 is 14.6 Å². The number of aliphatic carboxylic acids is 1. The van der Waals surface area contributed by atoms with Crippen molar-refractivity contribution < 1.29 is 19.4 Å².